The number of carbonyl (C=O) groups excluding carboxylic acids is 1. The quantitative estimate of drug-likeness (QED) is 0.790. The zero-order valence-electron chi connectivity index (χ0n) is 10.3. The van der Waals surface area contributed by atoms with Crippen molar-refractivity contribution in [2.75, 3.05) is 0 Å². The van der Waals surface area contributed by atoms with Gasteiger partial charge >= 0.3 is 0 Å². The molecule has 1 nitrogen and oxygen atoms in total. The molecule has 2 aromatic rings. The van der Waals surface area contributed by atoms with Crippen LogP contribution in [0.1, 0.15) is 30.4 Å². The van der Waals surface area contributed by atoms with Crippen molar-refractivity contribution in [3.8, 4) is 0 Å². The van der Waals surface area contributed by atoms with Gasteiger partial charge in [0.25, 0.3) is 0 Å². The number of hydrogen-bond donors (Lipinski definition) is 0. The number of ketones is 1. The highest BCUT2D eigenvalue weighted by Gasteiger charge is 2.49. The molecule has 0 amide bonds. The summed E-state index contributed by atoms with van der Waals surface area (Å²) >= 11 is 1.70. The normalized spacial score (nSPS) is 16.4. The first-order chi connectivity index (χ1) is 8.81. The van der Waals surface area contributed by atoms with Crippen molar-refractivity contribution in [2.45, 2.75) is 31.1 Å². The van der Waals surface area contributed by atoms with Crippen LogP contribution < -0.4 is 0 Å². The predicted molar refractivity (Wildman–Crippen MR) is 75.0 cm³/mol. The molecule has 1 aromatic carbocycles. The summed E-state index contributed by atoms with van der Waals surface area (Å²) in [6.45, 7) is 0. The monoisotopic (exact) mass is 256 g/mol. The summed E-state index contributed by atoms with van der Waals surface area (Å²) in [5, 5.41) is 4.21. The largest absolute Gasteiger partial charge is 0.299 e. The fraction of sp³-hybridized carbons (Fsp3) is 0.312. The summed E-state index contributed by atoms with van der Waals surface area (Å²) in [4.78, 5) is 12.4. The molecule has 0 unspecified atom stereocenters. The first-order valence-corrected chi connectivity index (χ1v) is 7.35. The summed E-state index contributed by atoms with van der Waals surface area (Å²) < 4.78 is 0. The van der Waals surface area contributed by atoms with Crippen molar-refractivity contribution >= 4 is 17.1 Å². The minimum absolute atomic E-state index is 0.142. The Morgan fingerprint density at radius 3 is 2.56 bits per heavy atom. The van der Waals surface area contributed by atoms with Crippen LogP contribution in [0.25, 0.3) is 0 Å². The third kappa shape index (κ3) is 2.13. The Labute approximate surface area is 111 Å². The number of aryl methyl sites for hydroxylation is 1. The van der Waals surface area contributed by atoms with Gasteiger partial charge in [-0.05, 0) is 47.2 Å². The zero-order chi connectivity index (χ0) is 12.4. The lowest BCUT2D eigenvalue weighted by Gasteiger charge is -2.14. The molecule has 0 bridgehead atoms. The maximum atomic E-state index is 12.4. The van der Waals surface area contributed by atoms with E-state index in [2.05, 4.69) is 29.0 Å². The molecule has 0 N–H and O–H groups in total. The fourth-order valence-corrected chi connectivity index (χ4v) is 3.25. The van der Waals surface area contributed by atoms with Crippen LogP contribution in [-0.4, -0.2) is 5.78 Å². The van der Waals surface area contributed by atoms with E-state index >= 15 is 0 Å². The lowest BCUT2D eigenvalue weighted by atomic mass is 9.88. The van der Waals surface area contributed by atoms with Crippen molar-refractivity contribution < 1.29 is 4.79 Å². The van der Waals surface area contributed by atoms with Crippen molar-refractivity contribution in [1.82, 2.24) is 0 Å². The van der Waals surface area contributed by atoms with Gasteiger partial charge in [-0.2, -0.15) is 11.3 Å². The van der Waals surface area contributed by atoms with Gasteiger partial charge in [-0.3, -0.25) is 4.79 Å². The molecule has 0 spiro atoms. The van der Waals surface area contributed by atoms with Crippen LogP contribution in [0.3, 0.4) is 0 Å². The van der Waals surface area contributed by atoms with Gasteiger partial charge in [0.2, 0.25) is 0 Å². The van der Waals surface area contributed by atoms with E-state index in [1.54, 1.807) is 11.3 Å². The summed E-state index contributed by atoms with van der Waals surface area (Å²) in [6.07, 6.45) is 3.61. The minimum atomic E-state index is -0.142. The Balaban J connectivity index is 1.69. The summed E-state index contributed by atoms with van der Waals surface area (Å²) in [5.74, 6) is 0.417. The van der Waals surface area contributed by atoms with Gasteiger partial charge in [0.1, 0.15) is 5.78 Å². The van der Waals surface area contributed by atoms with Gasteiger partial charge in [-0.1, -0.05) is 30.3 Å². The number of hydrogen-bond acceptors (Lipinski definition) is 2. The molecule has 0 radical (unpaired) electrons. The number of Topliss-reactive ketones (excluding diaryl/α,β-unsaturated/α-hetero) is 1. The molecule has 1 fully saturated rings. The lowest BCUT2D eigenvalue weighted by Crippen LogP contribution is -2.20. The van der Waals surface area contributed by atoms with E-state index in [0.29, 0.717) is 12.2 Å². The van der Waals surface area contributed by atoms with Gasteiger partial charge in [0.05, 0.1) is 5.41 Å². The van der Waals surface area contributed by atoms with Gasteiger partial charge in [-0.25, -0.2) is 0 Å². The fourth-order valence-electron chi connectivity index (χ4n) is 2.54. The molecule has 1 aliphatic rings. The van der Waals surface area contributed by atoms with Crippen molar-refractivity contribution in [3.05, 3.63) is 58.3 Å². The zero-order valence-corrected chi connectivity index (χ0v) is 11.1. The van der Waals surface area contributed by atoms with E-state index in [-0.39, 0.29) is 5.41 Å². The number of benzene rings is 1. The molecule has 92 valence electrons. The first kappa shape index (κ1) is 11.7. The van der Waals surface area contributed by atoms with E-state index in [9.17, 15) is 4.79 Å². The van der Waals surface area contributed by atoms with Gasteiger partial charge in [0.15, 0.2) is 0 Å². The van der Waals surface area contributed by atoms with Crippen LogP contribution in [-0.2, 0) is 16.6 Å². The summed E-state index contributed by atoms with van der Waals surface area (Å²) in [7, 11) is 0. The van der Waals surface area contributed by atoms with Crippen LogP contribution in [0, 0.1) is 0 Å². The predicted octanol–water partition coefficient (Wildman–Crippen LogP) is 3.98. The van der Waals surface area contributed by atoms with Gasteiger partial charge in [-0.15, -0.1) is 0 Å². The first-order valence-electron chi connectivity index (χ1n) is 6.41. The number of carbonyl (C=O) groups is 1. The molecule has 1 aliphatic carbocycles. The molecule has 1 saturated carbocycles. The van der Waals surface area contributed by atoms with Crippen LogP contribution in [0.15, 0.2) is 47.2 Å². The molecule has 1 aromatic heterocycles. The molecule has 0 atom stereocenters. The van der Waals surface area contributed by atoms with Crippen molar-refractivity contribution in [3.63, 3.8) is 0 Å². The van der Waals surface area contributed by atoms with Crippen LogP contribution in [0.5, 0.6) is 0 Å². The maximum absolute atomic E-state index is 12.4. The highest BCUT2D eigenvalue weighted by molar-refractivity contribution is 7.07. The molecule has 0 aliphatic heterocycles. The third-order valence-electron chi connectivity index (χ3n) is 3.83. The van der Waals surface area contributed by atoms with Gasteiger partial charge < -0.3 is 0 Å². The van der Waals surface area contributed by atoms with E-state index in [1.165, 1.54) is 11.1 Å². The van der Waals surface area contributed by atoms with Gasteiger partial charge in [0, 0.05) is 6.42 Å². The van der Waals surface area contributed by atoms with E-state index < -0.39 is 0 Å². The van der Waals surface area contributed by atoms with E-state index in [4.69, 9.17) is 0 Å². The molecular formula is C16H16OS. The van der Waals surface area contributed by atoms with Crippen LogP contribution >= 0.6 is 11.3 Å². The van der Waals surface area contributed by atoms with E-state index in [1.807, 2.05) is 18.2 Å². The average molecular weight is 256 g/mol. The summed E-state index contributed by atoms with van der Waals surface area (Å²) in [5.41, 5.74) is 2.36. The molecule has 18 heavy (non-hydrogen) atoms. The number of rotatable bonds is 5. The number of thiophene rings is 1. The Morgan fingerprint density at radius 1 is 1.17 bits per heavy atom. The summed E-state index contributed by atoms with van der Waals surface area (Å²) in [6, 6.07) is 12.4. The van der Waals surface area contributed by atoms with E-state index in [0.717, 1.165) is 19.3 Å². The molecule has 0 saturated heterocycles. The molecule has 3 rings (SSSR count). The standard InChI is InChI=1S/C16H16OS/c17-15(7-6-13-8-11-18-12-13)16(9-10-16)14-4-2-1-3-5-14/h1-5,8,11-12H,6-7,9-10H2. The molecule has 2 heteroatoms. The SMILES string of the molecule is O=C(CCc1ccsc1)C1(c2ccccc2)CC1. The smallest absolute Gasteiger partial charge is 0.143 e. The second-order valence-electron chi connectivity index (χ2n) is 5.00. The molecule has 1 heterocycles. The highest BCUT2D eigenvalue weighted by atomic mass is 32.1. The van der Waals surface area contributed by atoms with Crippen molar-refractivity contribution in [2.24, 2.45) is 0 Å². The Bertz CT molecular complexity index is 523. The minimum Gasteiger partial charge on any atom is -0.299 e. The second kappa shape index (κ2) is 4.69. The second-order valence-corrected chi connectivity index (χ2v) is 5.78. The Hall–Kier alpha value is -1.41. The van der Waals surface area contributed by atoms with Crippen LogP contribution in [0.2, 0.25) is 0 Å². The topological polar surface area (TPSA) is 17.1 Å². The molecular weight excluding hydrogens is 240 g/mol. The third-order valence-corrected chi connectivity index (χ3v) is 4.56. The van der Waals surface area contributed by atoms with Crippen molar-refractivity contribution in [1.29, 1.82) is 0 Å². The Kier molecular flexibility index (Phi) is 3.04. The lowest BCUT2D eigenvalue weighted by molar-refractivity contribution is -0.121. The maximum Gasteiger partial charge on any atom is 0.143 e. The highest BCUT2D eigenvalue weighted by Crippen LogP contribution is 2.49. The average Bonchev–Trinajstić information content (AvgIpc) is 3.07. The van der Waals surface area contributed by atoms with Crippen LogP contribution in [0.4, 0.5) is 0 Å². The Morgan fingerprint density at radius 2 is 1.94 bits per heavy atom.